The maximum Gasteiger partial charge on any atom is 0.244 e. The molecule has 1 saturated carbocycles. The van der Waals surface area contributed by atoms with Crippen LogP contribution in [0.25, 0.3) is 0 Å². The zero-order valence-corrected chi connectivity index (χ0v) is 18.0. The Kier molecular flexibility index (Phi) is 5.18. The lowest BCUT2D eigenvalue weighted by Gasteiger charge is -2.49. The maximum atomic E-state index is 12.9. The standard InChI is InChI=1S/C20H32N4O3S/c1-19(2)15-23(16-20(27-19)8-4-5-9-20)18-7-6-17(14-21-18)28(25,26)24-12-10-22(3)11-13-24/h6-7,14H,4-5,8-13,15-16H2,1-3H3. The third-order valence-electron chi connectivity index (χ3n) is 6.20. The molecule has 3 heterocycles. The van der Waals surface area contributed by atoms with Gasteiger partial charge in [0.05, 0.1) is 11.2 Å². The normalized spacial score (nSPS) is 26.0. The van der Waals surface area contributed by atoms with E-state index in [9.17, 15) is 8.42 Å². The Balaban J connectivity index is 1.53. The summed E-state index contributed by atoms with van der Waals surface area (Å²) in [5.74, 6) is 0.833. The van der Waals surface area contributed by atoms with Gasteiger partial charge in [0.25, 0.3) is 0 Å². The molecule has 0 bridgehead atoms. The molecule has 7 nitrogen and oxygen atoms in total. The number of sulfonamides is 1. The van der Waals surface area contributed by atoms with Gasteiger partial charge in [-0.1, -0.05) is 12.8 Å². The topological polar surface area (TPSA) is 66.0 Å². The van der Waals surface area contributed by atoms with Gasteiger partial charge in [-0.25, -0.2) is 13.4 Å². The number of pyridine rings is 1. The molecule has 2 aliphatic heterocycles. The van der Waals surface area contributed by atoms with Gasteiger partial charge in [-0.15, -0.1) is 0 Å². The number of aromatic nitrogens is 1. The van der Waals surface area contributed by atoms with E-state index in [4.69, 9.17) is 4.74 Å². The predicted octanol–water partition coefficient (Wildman–Crippen LogP) is 1.95. The van der Waals surface area contributed by atoms with E-state index in [2.05, 4.69) is 28.6 Å². The highest BCUT2D eigenvalue weighted by Gasteiger charge is 2.46. The van der Waals surface area contributed by atoms with E-state index >= 15 is 0 Å². The van der Waals surface area contributed by atoms with Crippen molar-refractivity contribution >= 4 is 15.8 Å². The van der Waals surface area contributed by atoms with Crippen LogP contribution in [0.5, 0.6) is 0 Å². The van der Waals surface area contributed by atoms with E-state index in [-0.39, 0.29) is 16.1 Å². The molecule has 1 aromatic rings. The lowest BCUT2D eigenvalue weighted by molar-refractivity contribution is -0.148. The molecule has 3 fully saturated rings. The van der Waals surface area contributed by atoms with Crippen molar-refractivity contribution in [1.82, 2.24) is 14.2 Å². The van der Waals surface area contributed by atoms with Gasteiger partial charge in [0.15, 0.2) is 0 Å². The average molecular weight is 409 g/mol. The summed E-state index contributed by atoms with van der Waals surface area (Å²) in [6, 6.07) is 3.56. The number of nitrogens with zero attached hydrogens (tertiary/aromatic N) is 4. The lowest BCUT2D eigenvalue weighted by atomic mass is 9.94. The molecule has 0 aromatic carbocycles. The zero-order chi connectivity index (χ0) is 20.0. The van der Waals surface area contributed by atoms with Crippen molar-refractivity contribution in [2.45, 2.75) is 55.6 Å². The molecule has 0 atom stereocenters. The molecule has 1 spiro atoms. The number of ether oxygens (including phenoxy) is 1. The quantitative estimate of drug-likeness (QED) is 0.762. The molecule has 2 saturated heterocycles. The maximum absolute atomic E-state index is 12.9. The highest BCUT2D eigenvalue weighted by atomic mass is 32.2. The van der Waals surface area contributed by atoms with Gasteiger partial charge >= 0.3 is 0 Å². The lowest BCUT2D eigenvalue weighted by Crippen LogP contribution is -2.59. The van der Waals surface area contributed by atoms with Crippen LogP contribution in [0.15, 0.2) is 23.2 Å². The average Bonchev–Trinajstić information content (AvgIpc) is 3.07. The van der Waals surface area contributed by atoms with Crippen molar-refractivity contribution in [3.8, 4) is 0 Å². The number of piperazine rings is 1. The molecule has 8 heteroatoms. The second-order valence-electron chi connectivity index (χ2n) is 9.17. The first-order valence-electron chi connectivity index (χ1n) is 10.3. The van der Waals surface area contributed by atoms with E-state index < -0.39 is 10.0 Å². The zero-order valence-electron chi connectivity index (χ0n) is 17.2. The van der Waals surface area contributed by atoms with Crippen molar-refractivity contribution in [3.05, 3.63) is 18.3 Å². The van der Waals surface area contributed by atoms with E-state index in [1.165, 1.54) is 19.0 Å². The summed E-state index contributed by atoms with van der Waals surface area (Å²) in [7, 11) is -1.46. The van der Waals surface area contributed by atoms with E-state index in [1.54, 1.807) is 10.4 Å². The monoisotopic (exact) mass is 408 g/mol. The smallest absolute Gasteiger partial charge is 0.244 e. The van der Waals surface area contributed by atoms with Crippen molar-refractivity contribution in [3.63, 3.8) is 0 Å². The first-order chi connectivity index (χ1) is 13.2. The SMILES string of the molecule is CN1CCN(S(=O)(=O)c2ccc(N3CC(C)(C)OC4(CCCC4)C3)nc2)CC1. The Morgan fingerprint density at radius 1 is 1.04 bits per heavy atom. The molecule has 3 aliphatic rings. The van der Waals surface area contributed by atoms with Crippen molar-refractivity contribution in [2.75, 3.05) is 51.2 Å². The van der Waals surface area contributed by atoms with Crippen LogP contribution in [-0.4, -0.2) is 80.1 Å². The Morgan fingerprint density at radius 2 is 1.71 bits per heavy atom. The summed E-state index contributed by atoms with van der Waals surface area (Å²) < 4.78 is 33.9. The number of rotatable bonds is 3. The Labute approximate surface area is 168 Å². The minimum atomic E-state index is -3.48. The van der Waals surface area contributed by atoms with E-state index in [0.717, 1.165) is 44.8 Å². The molecule has 1 aromatic heterocycles. The van der Waals surface area contributed by atoms with Gasteiger partial charge in [-0.2, -0.15) is 4.31 Å². The van der Waals surface area contributed by atoms with Gasteiger partial charge < -0.3 is 14.5 Å². The first kappa shape index (κ1) is 20.1. The number of hydrogen-bond donors (Lipinski definition) is 0. The third-order valence-corrected chi connectivity index (χ3v) is 8.09. The Morgan fingerprint density at radius 3 is 2.32 bits per heavy atom. The summed E-state index contributed by atoms with van der Waals surface area (Å²) in [5.41, 5.74) is -0.331. The second kappa shape index (κ2) is 7.23. The van der Waals surface area contributed by atoms with Crippen LogP contribution in [0.3, 0.4) is 0 Å². The summed E-state index contributed by atoms with van der Waals surface area (Å²) in [6.45, 7) is 8.42. The molecular formula is C20H32N4O3S. The second-order valence-corrected chi connectivity index (χ2v) is 11.1. The van der Waals surface area contributed by atoms with E-state index in [1.807, 2.05) is 13.1 Å². The molecule has 0 amide bonds. The molecule has 0 radical (unpaired) electrons. The van der Waals surface area contributed by atoms with Gasteiger partial charge in [0, 0.05) is 45.5 Å². The van der Waals surface area contributed by atoms with Crippen molar-refractivity contribution < 1.29 is 13.2 Å². The van der Waals surface area contributed by atoms with Crippen LogP contribution >= 0.6 is 0 Å². The summed E-state index contributed by atoms with van der Waals surface area (Å²) >= 11 is 0. The molecular weight excluding hydrogens is 376 g/mol. The summed E-state index contributed by atoms with van der Waals surface area (Å²) in [5, 5.41) is 0. The number of hydrogen-bond acceptors (Lipinski definition) is 6. The fourth-order valence-corrected chi connectivity index (χ4v) is 6.21. The van der Waals surface area contributed by atoms with Crippen LogP contribution in [0.1, 0.15) is 39.5 Å². The molecule has 1 aliphatic carbocycles. The Bertz CT molecular complexity index is 795. The minimum Gasteiger partial charge on any atom is -0.365 e. The van der Waals surface area contributed by atoms with Crippen molar-refractivity contribution in [2.24, 2.45) is 0 Å². The number of anilines is 1. The van der Waals surface area contributed by atoms with Crippen LogP contribution < -0.4 is 4.90 Å². The minimum absolute atomic E-state index is 0.0893. The van der Waals surface area contributed by atoms with E-state index in [0.29, 0.717) is 13.1 Å². The summed E-state index contributed by atoms with van der Waals surface area (Å²) in [4.78, 5) is 9.24. The summed E-state index contributed by atoms with van der Waals surface area (Å²) in [6.07, 6.45) is 6.11. The largest absolute Gasteiger partial charge is 0.365 e. The van der Waals surface area contributed by atoms with Crippen LogP contribution in [0.2, 0.25) is 0 Å². The third kappa shape index (κ3) is 3.92. The van der Waals surface area contributed by atoms with Crippen LogP contribution in [0, 0.1) is 0 Å². The highest BCUT2D eigenvalue weighted by Crippen LogP contribution is 2.41. The van der Waals surface area contributed by atoms with Crippen molar-refractivity contribution in [1.29, 1.82) is 0 Å². The Hall–Kier alpha value is -1.22. The van der Waals surface area contributed by atoms with Gasteiger partial charge in [0.1, 0.15) is 10.7 Å². The van der Waals surface area contributed by atoms with Gasteiger partial charge in [0.2, 0.25) is 10.0 Å². The van der Waals surface area contributed by atoms with Gasteiger partial charge in [-0.05, 0) is 45.9 Å². The van der Waals surface area contributed by atoms with Gasteiger partial charge in [-0.3, -0.25) is 0 Å². The molecule has 4 rings (SSSR count). The molecule has 156 valence electrons. The number of likely N-dealkylation sites (N-methyl/N-ethyl adjacent to an activating group) is 1. The number of morpholine rings is 1. The first-order valence-corrected chi connectivity index (χ1v) is 11.7. The molecule has 0 N–H and O–H groups in total. The highest BCUT2D eigenvalue weighted by molar-refractivity contribution is 7.89. The van der Waals surface area contributed by atoms with Crippen LogP contribution in [0.4, 0.5) is 5.82 Å². The molecule has 0 unspecified atom stereocenters. The predicted molar refractivity (Wildman–Crippen MR) is 109 cm³/mol. The fourth-order valence-electron chi connectivity index (χ4n) is 4.85. The van der Waals surface area contributed by atoms with Crippen LogP contribution in [-0.2, 0) is 14.8 Å². The fraction of sp³-hybridized carbons (Fsp3) is 0.750. The molecule has 28 heavy (non-hydrogen) atoms.